The van der Waals surface area contributed by atoms with Crippen LogP contribution in [0.2, 0.25) is 0 Å². The number of benzene rings is 1. The Morgan fingerprint density at radius 2 is 1.83 bits per heavy atom. The van der Waals surface area contributed by atoms with Crippen LogP contribution in [0, 0.1) is 19.8 Å². The van der Waals surface area contributed by atoms with Crippen molar-refractivity contribution in [3.8, 4) is 11.4 Å². The molecule has 150 valence electrons. The minimum Gasteiger partial charge on any atom is -0.341 e. The molecule has 0 unspecified atom stereocenters. The van der Waals surface area contributed by atoms with E-state index in [1.807, 2.05) is 44.2 Å². The second-order valence-electron chi connectivity index (χ2n) is 7.38. The summed E-state index contributed by atoms with van der Waals surface area (Å²) in [5.41, 5.74) is 3.48. The van der Waals surface area contributed by atoms with Gasteiger partial charge in [-0.2, -0.15) is 4.80 Å². The van der Waals surface area contributed by atoms with Crippen LogP contribution in [0.25, 0.3) is 11.4 Å². The van der Waals surface area contributed by atoms with E-state index >= 15 is 0 Å². The van der Waals surface area contributed by atoms with Gasteiger partial charge in [-0.15, -0.1) is 10.2 Å². The Morgan fingerprint density at radius 1 is 1.10 bits per heavy atom. The molecule has 0 atom stereocenters. The van der Waals surface area contributed by atoms with Crippen LogP contribution in [0.5, 0.6) is 0 Å². The normalized spacial score (nSPS) is 14.8. The maximum Gasteiger partial charge on any atom is 0.227 e. The molecule has 0 saturated carbocycles. The predicted molar refractivity (Wildman–Crippen MR) is 109 cm³/mol. The van der Waals surface area contributed by atoms with Crippen LogP contribution in [0.3, 0.4) is 0 Å². The number of anilines is 2. The van der Waals surface area contributed by atoms with Gasteiger partial charge in [-0.05, 0) is 50.1 Å². The molecule has 4 rings (SSSR count). The van der Waals surface area contributed by atoms with Gasteiger partial charge in [0.25, 0.3) is 0 Å². The monoisotopic (exact) mass is 392 g/mol. The van der Waals surface area contributed by atoms with Crippen LogP contribution in [0.15, 0.2) is 30.3 Å². The second-order valence-corrected chi connectivity index (χ2v) is 7.38. The van der Waals surface area contributed by atoms with Crippen LogP contribution in [-0.4, -0.2) is 49.2 Å². The molecule has 0 bridgehead atoms. The Kier molecular flexibility index (Phi) is 5.20. The molecule has 2 aromatic heterocycles. The Hall–Kier alpha value is -3.36. The third kappa shape index (κ3) is 4.39. The lowest BCUT2D eigenvalue weighted by Gasteiger charge is -2.31. The zero-order valence-corrected chi connectivity index (χ0v) is 16.8. The van der Waals surface area contributed by atoms with E-state index in [4.69, 9.17) is 0 Å². The molecule has 1 aliphatic rings. The van der Waals surface area contributed by atoms with E-state index in [1.165, 1.54) is 4.80 Å². The highest BCUT2D eigenvalue weighted by Gasteiger charge is 2.26. The van der Waals surface area contributed by atoms with Crippen molar-refractivity contribution < 1.29 is 4.79 Å². The Labute approximate surface area is 169 Å². The lowest BCUT2D eigenvalue weighted by atomic mass is 9.96. The Morgan fingerprint density at radius 3 is 2.48 bits per heavy atom. The SMILES string of the molecule is Cc1cc(C)nc(N2CCC(C(=O)Nc3cccc(-c4nnn(C)n4)c3)CC2)n1. The molecule has 1 aliphatic heterocycles. The van der Waals surface area contributed by atoms with Crippen molar-refractivity contribution in [3.05, 3.63) is 41.7 Å². The van der Waals surface area contributed by atoms with Crippen molar-refractivity contribution in [1.82, 2.24) is 30.2 Å². The number of carbonyl (C=O) groups is 1. The number of piperidine rings is 1. The van der Waals surface area contributed by atoms with E-state index in [0.29, 0.717) is 5.82 Å². The number of aryl methyl sites for hydroxylation is 3. The first-order valence-electron chi connectivity index (χ1n) is 9.70. The summed E-state index contributed by atoms with van der Waals surface area (Å²) in [5, 5.41) is 15.1. The lowest BCUT2D eigenvalue weighted by molar-refractivity contribution is -0.120. The van der Waals surface area contributed by atoms with E-state index in [0.717, 1.165) is 54.5 Å². The molecule has 0 radical (unpaired) electrons. The van der Waals surface area contributed by atoms with Gasteiger partial charge in [0.2, 0.25) is 17.7 Å². The minimum atomic E-state index is -0.0320. The fourth-order valence-electron chi connectivity index (χ4n) is 3.57. The maximum atomic E-state index is 12.8. The van der Waals surface area contributed by atoms with E-state index in [-0.39, 0.29) is 11.8 Å². The molecular formula is C20H24N8O. The fraction of sp³-hybridized carbons (Fsp3) is 0.400. The number of amides is 1. The second kappa shape index (κ2) is 7.94. The summed E-state index contributed by atoms with van der Waals surface area (Å²) < 4.78 is 0. The predicted octanol–water partition coefficient (Wildman–Crippen LogP) is 2.14. The zero-order chi connectivity index (χ0) is 20.4. The van der Waals surface area contributed by atoms with Gasteiger partial charge in [-0.3, -0.25) is 4.79 Å². The number of carbonyl (C=O) groups excluding carboxylic acids is 1. The van der Waals surface area contributed by atoms with Crippen molar-refractivity contribution in [3.63, 3.8) is 0 Å². The van der Waals surface area contributed by atoms with E-state index in [1.54, 1.807) is 7.05 Å². The molecule has 3 heterocycles. The number of tetrazole rings is 1. The number of nitrogens with zero attached hydrogens (tertiary/aromatic N) is 7. The van der Waals surface area contributed by atoms with Gasteiger partial charge >= 0.3 is 0 Å². The molecule has 9 heteroatoms. The van der Waals surface area contributed by atoms with Gasteiger partial charge in [0.1, 0.15) is 0 Å². The zero-order valence-electron chi connectivity index (χ0n) is 16.8. The lowest BCUT2D eigenvalue weighted by Crippen LogP contribution is -2.39. The van der Waals surface area contributed by atoms with Gasteiger partial charge in [0, 0.05) is 41.6 Å². The first kappa shape index (κ1) is 19.0. The molecule has 1 amide bonds. The minimum absolute atomic E-state index is 0.0320. The molecule has 1 saturated heterocycles. The van der Waals surface area contributed by atoms with Gasteiger partial charge < -0.3 is 10.2 Å². The first-order chi connectivity index (χ1) is 14.0. The van der Waals surface area contributed by atoms with Crippen molar-refractivity contribution in [2.75, 3.05) is 23.3 Å². The molecule has 1 fully saturated rings. The maximum absolute atomic E-state index is 12.8. The van der Waals surface area contributed by atoms with Crippen molar-refractivity contribution >= 4 is 17.5 Å². The molecular weight excluding hydrogens is 368 g/mol. The van der Waals surface area contributed by atoms with Gasteiger partial charge in [0.15, 0.2) is 0 Å². The largest absolute Gasteiger partial charge is 0.341 e. The van der Waals surface area contributed by atoms with E-state index in [9.17, 15) is 4.79 Å². The summed E-state index contributed by atoms with van der Waals surface area (Å²) in [7, 11) is 1.72. The molecule has 0 aliphatic carbocycles. The smallest absolute Gasteiger partial charge is 0.227 e. The number of nitrogens with one attached hydrogen (secondary N) is 1. The summed E-state index contributed by atoms with van der Waals surface area (Å²) in [6, 6.07) is 9.48. The highest BCUT2D eigenvalue weighted by atomic mass is 16.1. The van der Waals surface area contributed by atoms with E-state index < -0.39 is 0 Å². The van der Waals surface area contributed by atoms with Gasteiger partial charge in [-0.25, -0.2) is 9.97 Å². The fourth-order valence-corrected chi connectivity index (χ4v) is 3.57. The summed E-state index contributed by atoms with van der Waals surface area (Å²) in [5.74, 6) is 1.29. The van der Waals surface area contributed by atoms with Crippen LogP contribution >= 0.6 is 0 Å². The summed E-state index contributed by atoms with van der Waals surface area (Å²) in [4.78, 5) is 25.4. The summed E-state index contributed by atoms with van der Waals surface area (Å²) in [6.07, 6.45) is 1.54. The third-order valence-electron chi connectivity index (χ3n) is 5.02. The first-order valence-corrected chi connectivity index (χ1v) is 9.70. The quantitative estimate of drug-likeness (QED) is 0.726. The highest BCUT2D eigenvalue weighted by molar-refractivity contribution is 5.93. The number of aromatic nitrogens is 6. The molecule has 9 nitrogen and oxygen atoms in total. The van der Waals surface area contributed by atoms with Gasteiger partial charge in [-0.1, -0.05) is 12.1 Å². The van der Waals surface area contributed by atoms with Crippen LogP contribution in [-0.2, 0) is 11.8 Å². The molecule has 3 aromatic rings. The average Bonchev–Trinajstić information content (AvgIpc) is 3.14. The van der Waals surface area contributed by atoms with E-state index in [2.05, 4.69) is 35.6 Å². The average molecular weight is 392 g/mol. The number of hydrogen-bond donors (Lipinski definition) is 1. The van der Waals surface area contributed by atoms with Crippen LogP contribution < -0.4 is 10.2 Å². The molecule has 1 N–H and O–H groups in total. The summed E-state index contributed by atoms with van der Waals surface area (Å²) >= 11 is 0. The highest BCUT2D eigenvalue weighted by Crippen LogP contribution is 2.24. The third-order valence-corrected chi connectivity index (χ3v) is 5.02. The van der Waals surface area contributed by atoms with Crippen molar-refractivity contribution in [2.24, 2.45) is 13.0 Å². The molecule has 29 heavy (non-hydrogen) atoms. The van der Waals surface area contributed by atoms with Gasteiger partial charge in [0.05, 0.1) is 7.05 Å². The standard InChI is InChI=1S/C20H24N8O/c1-13-11-14(2)22-20(21-13)28-9-7-15(8-10-28)19(29)23-17-6-4-5-16(12-17)18-24-26-27(3)25-18/h4-6,11-12,15H,7-10H2,1-3H3,(H,23,29). The summed E-state index contributed by atoms with van der Waals surface area (Å²) in [6.45, 7) is 5.49. The Balaban J connectivity index is 1.38. The van der Waals surface area contributed by atoms with Crippen molar-refractivity contribution in [1.29, 1.82) is 0 Å². The van der Waals surface area contributed by atoms with Crippen molar-refractivity contribution in [2.45, 2.75) is 26.7 Å². The molecule has 0 spiro atoms. The topological polar surface area (TPSA) is 102 Å². The van der Waals surface area contributed by atoms with Crippen LogP contribution in [0.4, 0.5) is 11.6 Å². The number of hydrogen-bond acceptors (Lipinski definition) is 7. The van der Waals surface area contributed by atoms with Crippen LogP contribution in [0.1, 0.15) is 24.2 Å². The molecule has 1 aromatic carbocycles. The Bertz CT molecular complexity index is 1000. The number of rotatable bonds is 4.